The van der Waals surface area contributed by atoms with Crippen LogP contribution < -0.4 is 11.1 Å². The number of nitrogens with two attached hydrogens (primary N) is 1. The molecule has 2 fully saturated rings. The van der Waals surface area contributed by atoms with E-state index < -0.39 is 5.54 Å². The molecule has 0 spiro atoms. The van der Waals surface area contributed by atoms with Crippen LogP contribution in [0.3, 0.4) is 0 Å². The van der Waals surface area contributed by atoms with Crippen molar-refractivity contribution in [2.45, 2.75) is 70.0 Å². The van der Waals surface area contributed by atoms with E-state index >= 15 is 0 Å². The van der Waals surface area contributed by atoms with Crippen molar-refractivity contribution < 1.29 is 4.79 Å². The van der Waals surface area contributed by atoms with E-state index in [2.05, 4.69) is 17.1 Å². The van der Waals surface area contributed by atoms with E-state index in [0.717, 1.165) is 13.0 Å². The monoisotopic (exact) mass is 253 g/mol. The highest BCUT2D eigenvalue weighted by Gasteiger charge is 2.37. The van der Waals surface area contributed by atoms with Gasteiger partial charge in [0.15, 0.2) is 0 Å². The number of primary amides is 1. The van der Waals surface area contributed by atoms with E-state index in [1.165, 1.54) is 38.6 Å². The Morgan fingerprint density at radius 1 is 1.44 bits per heavy atom. The van der Waals surface area contributed by atoms with Crippen LogP contribution in [0.25, 0.3) is 0 Å². The van der Waals surface area contributed by atoms with Crippen molar-refractivity contribution in [2.75, 3.05) is 13.1 Å². The summed E-state index contributed by atoms with van der Waals surface area (Å²) in [5, 5.41) is 3.42. The van der Waals surface area contributed by atoms with Crippen molar-refractivity contribution >= 4 is 5.91 Å². The Hall–Kier alpha value is -0.610. The van der Waals surface area contributed by atoms with Crippen LogP contribution in [0.5, 0.6) is 0 Å². The molecule has 2 unspecified atom stereocenters. The summed E-state index contributed by atoms with van der Waals surface area (Å²) in [5.41, 5.74) is 5.05. The fourth-order valence-corrected chi connectivity index (χ4v) is 2.96. The molecule has 0 radical (unpaired) electrons. The number of rotatable bonds is 7. The topological polar surface area (TPSA) is 58.4 Å². The van der Waals surface area contributed by atoms with Crippen LogP contribution in [-0.4, -0.2) is 41.5 Å². The molecule has 4 nitrogen and oxygen atoms in total. The summed E-state index contributed by atoms with van der Waals surface area (Å²) in [7, 11) is 0. The van der Waals surface area contributed by atoms with E-state index in [9.17, 15) is 4.79 Å². The van der Waals surface area contributed by atoms with Gasteiger partial charge in [-0.2, -0.15) is 0 Å². The highest BCUT2D eigenvalue weighted by atomic mass is 16.1. The molecule has 1 saturated heterocycles. The first kappa shape index (κ1) is 13.8. The van der Waals surface area contributed by atoms with E-state index in [1.807, 2.05) is 6.92 Å². The Bertz CT molecular complexity index is 303. The second-order valence-corrected chi connectivity index (χ2v) is 6.11. The average Bonchev–Trinajstić information content (AvgIpc) is 3.02. The number of carbonyl (C=O) groups excluding carboxylic acids is 1. The van der Waals surface area contributed by atoms with E-state index in [4.69, 9.17) is 5.73 Å². The van der Waals surface area contributed by atoms with Crippen LogP contribution in [0.4, 0.5) is 0 Å². The summed E-state index contributed by atoms with van der Waals surface area (Å²) in [4.78, 5) is 14.2. The molecule has 0 aromatic carbocycles. The minimum atomic E-state index is -0.526. The van der Waals surface area contributed by atoms with Crippen molar-refractivity contribution in [1.82, 2.24) is 10.2 Å². The smallest absolute Gasteiger partial charge is 0.237 e. The maximum atomic E-state index is 11.7. The Morgan fingerprint density at radius 3 is 2.72 bits per heavy atom. The number of nitrogens with zero attached hydrogens (tertiary/aromatic N) is 1. The molecule has 0 aromatic heterocycles. The molecule has 18 heavy (non-hydrogen) atoms. The molecule has 1 heterocycles. The molecule has 1 saturated carbocycles. The van der Waals surface area contributed by atoms with Crippen LogP contribution in [0, 0.1) is 0 Å². The third-order valence-electron chi connectivity index (χ3n) is 4.51. The van der Waals surface area contributed by atoms with Crippen LogP contribution in [0.2, 0.25) is 0 Å². The van der Waals surface area contributed by atoms with Crippen molar-refractivity contribution in [2.24, 2.45) is 5.73 Å². The lowest BCUT2D eigenvalue weighted by Crippen LogP contribution is -2.55. The molecule has 3 N–H and O–H groups in total. The summed E-state index contributed by atoms with van der Waals surface area (Å²) in [6, 6.07) is 1.23. The van der Waals surface area contributed by atoms with Gasteiger partial charge in [-0.25, -0.2) is 0 Å². The second kappa shape index (κ2) is 5.57. The van der Waals surface area contributed by atoms with Gasteiger partial charge >= 0.3 is 0 Å². The lowest BCUT2D eigenvalue weighted by Gasteiger charge is -2.31. The molecule has 1 aliphatic carbocycles. The minimum absolute atomic E-state index is 0.207. The van der Waals surface area contributed by atoms with Gasteiger partial charge in [0.2, 0.25) is 5.91 Å². The molecule has 2 atom stereocenters. The molecule has 0 aromatic rings. The molecule has 4 heteroatoms. The minimum Gasteiger partial charge on any atom is -0.368 e. The first-order valence-electron chi connectivity index (χ1n) is 7.37. The van der Waals surface area contributed by atoms with Gasteiger partial charge in [-0.1, -0.05) is 6.92 Å². The highest BCUT2D eigenvalue weighted by molar-refractivity contribution is 5.84. The van der Waals surface area contributed by atoms with Gasteiger partial charge in [0.05, 0.1) is 5.54 Å². The van der Waals surface area contributed by atoms with Crippen molar-refractivity contribution in [3.05, 3.63) is 0 Å². The maximum Gasteiger partial charge on any atom is 0.237 e. The number of hydrogen-bond donors (Lipinski definition) is 2. The van der Waals surface area contributed by atoms with Crippen LogP contribution in [-0.2, 0) is 4.79 Å². The van der Waals surface area contributed by atoms with Crippen LogP contribution in [0.15, 0.2) is 0 Å². The predicted molar refractivity (Wildman–Crippen MR) is 73.3 cm³/mol. The van der Waals surface area contributed by atoms with Crippen LogP contribution in [0.1, 0.15) is 52.4 Å². The molecule has 2 aliphatic rings. The van der Waals surface area contributed by atoms with Gasteiger partial charge in [-0.15, -0.1) is 0 Å². The maximum absolute atomic E-state index is 11.7. The summed E-state index contributed by atoms with van der Waals surface area (Å²) < 4.78 is 0. The Labute approximate surface area is 110 Å². The molecular formula is C14H27N3O. The third-order valence-corrected chi connectivity index (χ3v) is 4.51. The molecule has 104 valence electrons. The standard InChI is InChI=1S/C14H27N3O/c1-3-12-5-4-9-17(12)10-8-14(2,13(15)18)16-11-6-7-11/h11-12,16H,3-10H2,1-2H3,(H2,15,18). The number of hydrogen-bond acceptors (Lipinski definition) is 3. The molecule has 1 aliphatic heterocycles. The number of nitrogens with one attached hydrogen (secondary N) is 1. The number of likely N-dealkylation sites (tertiary alicyclic amines) is 1. The third kappa shape index (κ3) is 3.23. The SMILES string of the molecule is CCC1CCCN1CCC(C)(NC1CC1)C(N)=O. The summed E-state index contributed by atoms with van der Waals surface area (Å²) in [5.74, 6) is -0.207. The van der Waals surface area contributed by atoms with E-state index in [0.29, 0.717) is 12.1 Å². The number of carbonyl (C=O) groups is 1. The van der Waals surface area contributed by atoms with E-state index in [-0.39, 0.29) is 5.91 Å². The lowest BCUT2D eigenvalue weighted by molar-refractivity contribution is -0.124. The normalized spacial score (nSPS) is 28.2. The first-order valence-corrected chi connectivity index (χ1v) is 7.37. The summed E-state index contributed by atoms with van der Waals surface area (Å²) in [6.07, 6.45) is 7.01. The molecule has 0 bridgehead atoms. The highest BCUT2D eigenvalue weighted by Crippen LogP contribution is 2.26. The predicted octanol–water partition coefficient (Wildman–Crippen LogP) is 1.25. The second-order valence-electron chi connectivity index (χ2n) is 6.11. The zero-order chi connectivity index (χ0) is 13.2. The van der Waals surface area contributed by atoms with Crippen molar-refractivity contribution in [1.29, 1.82) is 0 Å². The van der Waals surface area contributed by atoms with Crippen molar-refractivity contribution in [3.8, 4) is 0 Å². The zero-order valence-corrected chi connectivity index (χ0v) is 11.7. The van der Waals surface area contributed by atoms with Gasteiger partial charge in [-0.05, 0) is 52.0 Å². The summed E-state index contributed by atoms with van der Waals surface area (Å²) >= 11 is 0. The van der Waals surface area contributed by atoms with Crippen molar-refractivity contribution in [3.63, 3.8) is 0 Å². The van der Waals surface area contributed by atoms with Gasteiger partial charge in [-0.3, -0.25) is 4.79 Å². The summed E-state index contributed by atoms with van der Waals surface area (Å²) in [6.45, 7) is 6.37. The quantitative estimate of drug-likeness (QED) is 0.718. The molecule has 2 rings (SSSR count). The largest absolute Gasteiger partial charge is 0.368 e. The zero-order valence-electron chi connectivity index (χ0n) is 11.7. The fraction of sp³-hybridized carbons (Fsp3) is 0.929. The Balaban J connectivity index is 1.86. The van der Waals surface area contributed by atoms with Crippen LogP contribution >= 0.6 is 0 Å². The van der Waals surface area contributed by atoms with E-state index in [1.54, 1.807) is 0 Å². The van der Waals surface area contributed by atoms with Gasteiger partial charge in [0.25, 0.3) is 0 Å². The Kier molecular flexibility index (Phi) is 4.28. The lowest BCUT2D eigenvalue weighted by atomic mass is 9.96. The molecule has 1 amide bonds. The fourth-order valence-electron chi connectivity index (χ4n) is 2.96. The number of amides is 1. The van der Waals surface area contributed by atoms with Gasteiger partial charge in [0.1, 0.15) is 0 Å². The van der Waals surface area contributed by atoms with Gasteiger partial charge in [0, 0.05) is 18.6 Å². The Morgan fingerprint density at radius 2 is 2.17 bits per heavy atom. The average molecular weight is 253 g/mol. The first-order chi connectivity index (χ1) is 8.55. The molecular weight excluding hydrogens is 226 g/mol. The van der Waals surface area contributed by atoms with Gasteiger partial charge < -0.3 is 16.0 Å².